The molecule has 6 nitrogen and oxygen atoms in total. The molecule has 0 bridgehead atoms. The van der Waals surface area contributed by atoms with E-state index in [1.807, 2.05) is 20.8 Å². The number of ether oxygens (including phenoxy) is 1. The number of hydrogen-bond acceptors (Lipinski definition) is 4. The van der Waals surface area contributed by atoms with E-state index in [1.54, 1.807) is 23.9 Å². The van der Waals surface area contributed by atoms with Gasteiger partial charge in [-0.25, -0.2) is 4.39 Å². The average Bonchev–Trinajstić information content (AvgIpc) is 2.94. The molecular weight excluding hydrogens is 323 g/mol. The van der Waals surface area contributed by atoms with Crippen LogP contribution in [0.5, 0.6) is 0 Å². The van der Waals surface area contributed by atoms with Crippen LogP contribution in [-0.2, 0) is 24.2 Å². The summed E-state index contributed by atoms with van der Waals surface area (Å²) < 4.78 is 21.6. The highest BCUT2D eigenvalue weighted by atomic mass is 19.1. The highest BCUT2D eigenvalue weighted by Crippen LogP contribution is 2.31. The van der Waals surface area contributed by atoms with Gasteiger partial charge in [0.05, 0.1) is 30.1 Å². The summed E-state index contributed by atoms with van der Waals surface area (Å²) in [6.45, 7) is 8.15. The van der Waals surface area contributed by atoms with E-state index in [9.17, 15) is 9.18 Å². The third-order valence-corrected chi connectivity index (χ3v) is 4.48. The molecule has 0 radical (unpaired) electrons. The predicted molar refractivity (Wildman–Crippen MR) is 90.7 cm³/mol. The highest BCUT2D eigenvalue weighted by molar-refractivity contribution is 5.94. The number of aryl methyl sites for hydroxylation is 2. The SMILES string of the molecule is CCn1nc2c(c1C(=O)NCc1nccc(C)c1F)C[C@H](C)O[C@@H]2C. The molecule has 0 unspecified atom stereocenters. The molecule has 0 saturated carbocycles. The maximum absolute atomic E-state index is 14.1. The standard InChI is InChI=1S/C18H23FN4O2/c1-5-23-17(13-8-11(3)25-12(4)16(13)22-23)18(24)21-9-14-15(19)10(2)6-7-20-14/h6-7,11-12H,5,8-9H2,1-4H3,(H,21,24)/t11-,12+/m0/s1. The maximum Gasteiger partial charge on any atom is 0.270 e. The minimum atomic E-state index is -0.385. The van der Waals surface area contributed by atoms with Crippen LogP contribution in [0.4, 0.5) is 4.39 Å². The minimum absolute atomic E-state index is 0.0273. The van der Waals surface area contributed by atoms with Gasteiger partial charge in [0.15, 0.2) is 0 Å². The molecule has 1 amide bonds. The van der Waals surface area contributed by atoms with Crippen molar-refractivity contribution in [2.45, 2.75) is 59.4 Å². The molecule has 1 aliphatic heterocycles. The lowest BCUT2D eigenvalue weighted by molar-refractivity contribution is -0.00712. The van der Waals surface area contributed by atoms with Crippen LogP contribution in [0.1, 0.15) is 59.9 Å². The Labute approximate surface area is 146 Å². The van der Waals surface area contributed by atoms with E-state index >= 15 is 0 Å². The van der Waals surface area contributed by atoms with Crippen LogP contribution in [-0.4, -0.2) is 26.8 Å². The van der Waals surface area contributed by atoms with Gasteiger partial charge in [0.1, 0.15) is 11.5 Å². The van der Waals surface area contributed by atoms with Gasteiger partial charge in [-0.05, 0) is 39.3 Å². The van der Waals surface area contributed by atoms with Crippen molar-refractivity contribution >= 4 is 5.91 Å². The molecule has 0 aromatic carbocycles. The van der Waals surface area contributed by atoms with Gasteiger partial charge in [-0.1, -0.05) is 0 Å². The third-order valence-electron chi connectivity index (χ3n) is 4.48. The second kappa shape index (κ2) is 6.92. The molecule has 0 aliphatic carbocycles. The Morgan fingerprint density at radius 2 is 2.24 bits per heavy atom. The van der Waals surface area contributed by atoms with Crippen molar-refractivity contribution in [1.29, 1.82) is 0 Å². The number of rotatable bonds is 4. The summed E-state index contributed by atoms with van der Waals surface area (Å²) in [6.07, 6.45) is 2.06. The second-order valence-corrected chi connectivity index (χ2v) is 6.39. The number of carbonyl (C=O) groups is 1. The van der Waals surface area contributed by atoms with E-state index in [2.05, 4.69) is 15.4 Å². The normalized spacial score (nSPS) is 19.6. The molecule has 0 spiro atoms. The van der Waals surface area contributed by atoms with Crippen LogP contribution in [0.15, 0.2) is 12.3 Å². The van der Waals surface area contributed by atoms with Gasteiger partial charge < -0.3 is 10.1 Å². The summed E-state index contributed by atoms with van der Waals surface area (Å²) in [6, 6.07) is 1.60. The molecule has 2 atom stereocenters. The smallest absolute Gasteiger partial charge is 0.270 e. The first kappa shape index (κ1) is 17.5. The first-order valence-electron chi connectivity index (χ1n) is 8.55. The molecule has 1 aliphatic rings. The number of aromatic nitrogens is 3. The molecule has 0 saturated heterocycles. The summed E-state index contributed by atoms with van der Waals surface area (Å²) >= 11 is 0. The average molecular weight is 346 g/mol. The molecule has 3 heterocycles. The summed E-state index contributed by atoms with van der Waals surface area (Å²) in [5.74, 6) is -0.649. The van der Waals surface area contributed by atoms with Gasteiger partial charge in [0.25, 0.3) is 5.91 Å². The maximum atomic E-state index is 14.1. The molecule has 2 aromatic rings. The van der Waals surface area contributed by atoms with E-state index in [0.717, 1.165) is 11.3 Å². The Hall–Kier alpha value is -2.28. The molecule has 25 heavy (non-hydrogen) atoms. The van der Waals surface area contributed by atoms with Crippen LogP contribution in [0.2, 0.25) is 0 Å². The second-order valence-electron chi connectivity index (χ2n) is 6.39. The fourth-order valence-electron chi connectivity index (χ4n) is 3.24. The van der Waals surface area contributed by atoms with Gasteiger partial charge in [0, 0.05) is 24.7 Å². The van der Waals surface area contributed by atoms with Crippen molar-refractivity contribution in [3.05, 3.63) is 46.3 Å². The number of hydrogen-bond donors (Lipinski definition) is 1. The highest BCUT2D eigenvalue weighted by Gasteiger charge is 2.31. The Bertz CT molecular complexity index is 803. The van der Waals surface area contributed by atoms with E-state index in [4.69, 9.17) is 4.74 Å². The lowest BCUT2D eigenvalue weighted by atomic mass is 9.99. The van der Waals surface area contributed by atoms with Crippen molar-refractivity contribution < 1.29 is 13.9 Å². The van der Waals surface area contributed by atoms with Crippen molar-refractivity contribution in [3.8, 4) is 0 Å². The van der Waals surface area contributed by atoms with Crippen LogP contribution in [0, 0.1) is 12.7 Å². The number of amides is 1. The van der Waals surface area contributed by atoms with Crippen LogP contribution >= 0.6 is 0 Å². The molecule has 0 fully saturated rings. The predicted octanol–water partition coefficient (Wildman–Crippen LogP) is 2.70. The first-order chi connectivity index (χ1) is 11.9. The zero-order valence-corrected chi connectivity index (χ0v) is 15.0. The quantitative estimate of drug-likeness (QED) is 0.924. The van der Waals surface area contributed by atoms with Gasteiger partial charge in [-0.15, -0.1) is 0 Å². The van der Waals surface area contributed by atoms with E-state index < -0.39 is 0 Å². The van der Waals surface area contributed by atoms with Crippen molar-refractivity contribution in [2.75, 3.05) is 0 Å². The van der Waals surface area contributed by atoms with Crippen LogP contribution in [0.25, 0.3) is 0 Å². The third kappa shape index (κ3) is 3.28. The summed E-state index contributed by atoms with van der Waals surface area (Å²) in [5, 5.41) is 7.31. The van der Waals surface area contributed by atoms with Gasteiger partial charge >= 0.3 is 0 Å². The molecule has 2 aromatic heterocycles. The number of halogens is 1. The first-order valence-corrected chi connectivity index (χ1v) is 8.55. The Morgan fingerprint density at radius 1 is 1.48 bits per heavy atom. The van der Waals surface area contributed by atoms with Gasteiger partial charge in [-0.3, -0.25) is 14.5 Å². The van der Waals surface area contributed by atoms with Crippen molar-refractivity contribution in [3.63, 3.8) is 0 Å². The number of pyridine rings is 1. The van der Waals surface area contributed by atoms with E-state index in [0.29, 0.717) is 24.2 Å². The zero-order chi connectivity index (χ0) is 18.1. The Morgan fingerprint density at radius 3 is 2.96 bits per heavy atom. The summed E-state index contributed by atoms with van der Waals surface area (Å²) in [5.41, 5.74) is 3.01. The summed E-state index contributed by atoms with van der Waals surface area (Å²) in [4.78, 5) is 16.8. The number of nitrogens with zero attached hydrogens (tertiary/aromatic N) is 3. The molecule has 3 rings (SSSR count). The zero-order valence-electron chi connectivity index (χ0n) is 15.0. The minimum Gasteiger partial charge on any atom is -0.369 e. The topological polar surface area (TPSA) is 69.0 Å². The van der Waals surface area contributed by atoms with Crippen LogP contribution in [0.3, 0.4) is 0 Å². The lowest BCUT2D eigenvalue weighted by Crippen LogP contribution is -2.29. The largest absolute Gasteiger partial charge is 0.369 e. The van der Waals surface area contributed by atoms with Crippen molar-refractivity contribution in [1.82, 2.24) is 20.1 Å². The van der Waals surface area contributed by atoms with E-state index in [-0.39, 0.29) is 36.2 Å². The van der Waals surface area contributed by atoms with Gasteiger partial charge in [0.2, 0.25) is 0 Å². The van der Waals surface area contributed by atoms with Crippen molar-refractivity contribution in [2.24, 2.45) is 0 Å². The molecule has 7 heteroatoms. The molecule has 1 N–H and O–H groups in total. The fraction of sp³-hybridized carbons (Fsp3) is 0.500. The van der Waals surface area contributed by atoms with E-state index in [1.165, 1.54) is 0 Å². The summed E-state index contributed by atoms with van der Waals surface area (Å²) in [7, 11) is 0. The number of fused-ring (bicyclic) bond motifs is 1. The number of nitrogens with one attached hydrogen (secondary N) is 1. The monoisotopic (exact) mass is 346 g/mol. The molecular formula is C18H23FN4O2. The lowest BCUT2D eigenvalue weighted by Gasteiger charge is -2.24. The fourth-order valence-corrected chi connectivity index (χ4v) is 3.24. The molecule has 134 valence electrons. The van der Waals surface area contributed by atoms with Gasteiger partial charge in [-0.2, -0.15) is 5.10 Å². The Kier molecular flexibility index (Phi) is 4.85. The van der Waals surface area contributed by atoms with Crippen LogP contribution < -0.4 is 5.32 Å². The number of carbonyl (C=O) groups excluding carboxylic acids is 1. The Balaban J connectivity index is 1.86.